The number of imidazole rings is 1. The van der Waals surface area contributed by atoms with Crippen LogP contribution in [0.25, 0.3) is 34.1 Å². The number of aromatic nitrogens is 6. The van der Waals surface area contributed by atoms with E-state index in [4.69, 9.17) is 26.5 Å². The van der Waals surface area contributed by atoms with Gasteiger partial charge in [-0.05, 0) is 66.8 Å². The number of nitrogens with zero attached hydrogens (tertiary/aromatic N) is 6. The number of fused-ring (bicyclic) bond motifs is 2. The first-order valence-electron chi connectivity index (χ1n) is 13.5. The first kappa shape index (κ1) is 28.0. The molecular weight excluding hydrogens is 567 g/mol. The van der Waals surface area contributed by atoms with E-state index >= 15 is 0 Å². The molecule has 12 nitrogen and oxygen atoms in total. The number of amides is 1. The third-order valence-electron chi connectivity index (χ3n) is 7.24. The lowest BCUT2D eigenvalue weighted by atomic mass is 10.1. The van der Waals surface area contributed by atoms with Gasteiger partial charge in [0.1, 0.15) is 22.9 Å². The number of phenolic OH excluding ortho intramolecular Hbond substituents is 1. The van der Waals surface area contributed by atoms with E-state index in [1.54, 1.807) is 30.7 Å². The molecule has 0 saturated heterocycles. The van der Waals surface area contributed by atoms with Crippen molar-refractivity contribution in [2.75, 3.05) is 5.73 Å². The lowest BCUT2D eigenvalue weighted by Gasteiger charge is -2.12. The second-order valence-electron chi connectivity index (χ2n) is 10.0. The van der Waals surface area contributed by atoms with Crippen LogP contribution in [0.1, 0.15) is 38.3 Å². The number of nitrogens with two attached hydrogens (primary N) is 2. The number of pyridine rings is 2. The predicted molar refractivity (Wildman–Crippen MR) is 159 cm³/mol. The van der Waals surface area contributed by atoms with Crippen molar-refractivity contribution in [2.45, 2.75) is 19.3 Å². The summed E-state index contributed by atoms with van der Waals surface area (Å²) in [6.07, 6.45) is 8.68. The van der Waals surface area contributed by atoms with Crippen LogP contribution in [0, 0.1) is 5.82 Å². The summed E-state index contributed by atoms with van der Waals surface area (Å²) in [6, 6.07) is 15.1. The summed E-state index contributed by atoms with van der Waals surface area (Å²) in [5.74, 6) is -1.10. The van der Waals surface area contributed by atoms with Gasteiger partial charge in [-0.3, -0.25) is 14.2 Å². The summed E-state index contributed by atoms with van der Waals surface area (Å²) in [5.41, 5.74) is 16.0. The summed E-state index contributed by atoms with van der Waals surface area (Å²) >= 11 is 0. The molecule has 220 valence electrons. The fourth-order valence-corrected chi connectivity index (χ4v) is 5.14. The third-order valence-corrected chi connectivity index (χ3v) is 7.24. The van der Waals surface area contributed by atoms with Crippen molar-refractivity contribution >= 4 is 29.2 Å². The Kier molecular flexibility index (Phi) is 7.19. The van der Waals surface area contributed by atoms with Crippen LogP contribution in [0.5, 0.6) is 11.5 Å². The standard InChI is InChI=1S/C23H19N7O.C8H6FNO3/c24-20-17(6-2-9-25-20)21-27-18-13-19(31)23(29-11-3-10-26-29)28-22(18)30(21)16-8-7-14-4-1-5-15(14)12-16;9-6-2-7(12)4(3-11)1-5(6)8(10)13/h2-3,6-13,31H,1,4-5H2,(H2,24,25);1-3,12H,(H2,10,13). The molecule has 6 aromatic rings. The molecule has 1 aliphatic carbocycles. The van der Waals surface area contributed by atoms with Crippen LogP contribution in [-0.2, 0) is 12.8 Å². The Morgan fingerprint density at radius 2 is 1.80 bits per heavy atom. The normalized spacial score (nSPS) is 12.0. The molecule has 1 aliphatic rings. The smallest absolute Gasteiger partial charge is 0.251 e. The molecule has 13 heteroatoms. The monoisotopic (exact) mass is 592 g/mol. The van der Waals surface area contributed by atoms with Gasteiger partial charge < -0.3 is 21.7 Å². The van der Waals surface area contributed by atoms with Crippen molar-refractivity contribution in [3.63, 3.8) is 0 Å². The number of anilines is 1. The molecule has 7 rings (SSSR count). The number of rotatable bonds is 5. The van der Waals surface area contributed by atoms with E-state index in [1.165, 1.54) is 22.2 Å². The second-order valence-corrected chi connectivity index (χ2v) is 10.0. The van der Waals surface area contributed by atoms with Gasteiger partial charge in [0.2, 0.25) is 0 Å². The number of aryl methyl sites for hydroxylation is 2. The number of hydrogen-bond acceptors (Lipinski definition) is 9. The van der Waals surface area contributed by atoms with Gasteiger partial charge in [0, 0.05) is 36.4 Å². The molecular formula is C31H25FN8O4. The number of halogens is 1. The van der Waals surface area contributed by atoms with Gasteiger partial charge in [0.05, 0.1) is 16.7 Å². The van der Waals surface area contributed by atoms with Crippen molar-refractivity contribution in [3.8, 4) is 34.4 Å². The van der Waals surface area contributed by atoms with Gasteiger partial charge in [-0.15, -0.1) is 0 Å². The number of nitrogen functional groups attached to an aromatic ring is 1. The largest absolute Gasteiger partial charge is 0.507 e. The molecule has 0 spiro atoms. The first-order chi connectivity index (χ1) is 21.2. The molecule has 0 fully saturated rings. The molecule has 0 saturated carbocycles. The van der Waals surface area contributed by atoms with E-state index in [0.717, 1.165) is 24.6 Å². The lowest BCUT2D eigenvalue weighted by Crippen LogP contribution is -2.13. The number of phenols is 1. The van der Waals surface area contributed by atoms with E-state index in [1.807, 2.05) is 16.7 Å². The lowest BCUT2D eigenvalue weighted by molar-refractivity contribution is 0.0996. The molecule has 6 N–H and O–H groups in total. The topological polar surface area (TPSA) is 188 Å². The van der Waals surface area contributed by atoms with Crippen molar-refractivity contribution in [1.82, 2.24) is 29.3 Å². The Morgan fingerprint density at radius 1 is 0.977 bits per heavy atom. The minimum absolute atomic E-state index is 0.000474. The molecule has 0 unspecified atom stereocenters. The Hall–Kier alpha value is -6.11. The van der Waals surface area contributed by atoms with E-state index < -0.39 is 23.0 Å². The molecule has 0 aliphatic heterocycles. The van der Waals surface area contributed by atoms with Crippen molar-refractivity contribution < 1.29 is 24.2 Å². The molecule has 0 bridgehead atoms. The van der Waals surface area contributed by atoms with Crippen LogP contribution < -0.4 is 11.5 Å². The van der Waals surface area contributed by atoms with Crippen molar-refractivity contribution in [1.29, 1.82) is 0 Å². The van der Waals surface area contributed by atoms with Crippen LogP contribution in [0.4, 0.5) is 10.2 Å². The molecule has 0 atom stereocenters. The number of hydrogen-bond donors (Lipinski definition) is 4. The highest BCUT2D eigenvalue weighted by molar-refractivity contribution is 5.95. The van der Waals surface area contributed by atoms with E-state index in [2.05, 4.69) is 28.3 Å². The SMILES string of the molecule is NC(=O)c1cc(C=O)c(O)cc1F.Nc1ncccc1-c1nc2cc(O)c(-n3cccn3)nc2n1-c1ccc2c(c1)CCC2. The van der Waals surface area contributed by atoms with E-state index in [-0.39, 0.29) is 11.3 Å². The van der Waals surface area contributed by atoms with Gasteiger partial charge in [0.15, 0.2) is 29.3 Å². The van der Waals surface area contributed by atoms with Crippen molar-refractivity contribution in [3.05, 3.63) is 101 Å². The minimum Gasteiger partial charge on any atom is -0.507 e. The summed E-state index contributed by atoms with van der Waals surface area (Å²) in [6.45, 7) is 0. The molecule has 0 radical (unpaired) electrons. The summed E-state index contributed by atoms with van der Waals surface area (Å²) in [7, 11) is 0. The van der Waals surface area contributed by atoms with Gasteiger partial charge in [0.25, 0.3) is 5.91 Å². The Morgan fingerprint density at radius 3 is 2.52 bits per heavy atom. The molecule has 4 heterocycles. The number of primary amides is 1. The highest BCUT2D eigenvalue weighted by Gasteiger charge is 2.22. The number of carbonyl (C=O) groups excluding carboxylic acids is 2. The zero-order chi connectivity index (χ0) is 31.0. The fraction of sp³-hybridized carbons (Fsp3) is 0.0968. The number of carbonyl (C=O) groups is 2. The van der Waals surface area contributed by atoms with E-state index in [0.29, 0.717) is 46.5 Å². The summed E-state index contributed by atoms with van der Waals surface area (Å²) in [5, 5.41) is 23.8. The van der Waals surface area contributed by atoms with Gasteiger partial charge in [-0.25, -0.2) is 24.0 Å². The molecule has 44 heavy (non-hydrogen) atoms. The molecule has 1 amide bonds. The van der Waals surface area contributed by atoms with E-state index in [9.17, 15) is 19.1 Å². The average molecular weight is 593 g/mol. The Balaban J connectivity index is 0.000000223. The highest BCUT2D eigenvalue weighted by Crippen LogP contribution is 2.34. The second kappa shape index (κ2) is 11.3. The summed E-state index contributed by atoms with van der Waals surface area (Å²) < 4.78 is 16.4. The molecule has 4 aromatic heterocycles. The number of aldehydes is 1. The van der Waals surface area contributed by atoms with Crippen LogP contribution in [-0.4, -0.2) is 51.7 Å². The Labute approximate surface area is 249 Å². The maximum absolute atomic E-state index is 12.8. The van der Waals surface area contributed by atoms with Crippen LogP contribution in [0.2, 0.25) is 0 Å². The van der Waals surface area contributed by atoms with Gasteiger partial charge in [-0.1, -0.05) is 6.07 Å². The fourth-order valence-electron chi connectivity index (χ4n) is 5.14. The zero-order valence-electron chi connectivity index (χ0n) is 23.1. The zero-order valence-corrected chi connectivity index (χ0v) is 23.1. The quantitative estimate of drug-likeness (QED) is 0.215. The van der Waals surface area contributed by atoms with Crippen LogP contribution in [0.3, 0.4) is 0 Å². The Bertz CT molecular complexity index is 2060. The maximum Gasteiger partial charge on any atom is 0.251 e. The summed E-state index contributed by atoms with van der Waals surface area (Å²) in [4.78, 5) is 34.6. The predicted octanol–water partition coefficient (Wildman–Crippen LogP) is 3.89. The van der Waals surface area contributed by atoms with Crippen molar-refractivity contribution in [2.24, 2.45) is 5.73 Å². The first-order valence-corrected chi connectivity index (χ1v) is 13.5. The van der Waals surface area contributed by atoms with Crippen LogP contribution in [0.15, 0.2) is 73.2 Å². The van der Waals surface area contributed by atoms with Gasteiger partial charge >= 0.3 is 0 Å². The minimum atomic E-state index is -0.986. The number of aromatic hydroxyl groups is 2. The number of benzene rings is 2. The highest BCUT2D eigenvalue weighted by atomic mass is 19.1. The van der Waals surface area contributed by atoms with Gasteiger partial charge in [-0.2, -0.15) is 5.10 Å². The van der Waals surface area contributed by atoms with Crippen LogP contribution >= 0.6 is 0 Å². The molecule has 2 aromatic carbocycles. The maximum atomic E-state index is 12.8. The average Bonchev–Trinajstić information content (AvgIpc) is 3.77. The third kappa shape index (κ3) is 5.06.